The first kappa shape index (κ1) is 12.9. The van der Waals surface area contributed by atoms with Crippen molar-refractivity contribution in [1.82, 2.24) is 5.32 Å². The third kappa shape index (κ3) is 3.76. The van der Waals surface area contributed by atoms with Gasteiger partial charge in [-0.25, -0.2) is 4.79 Å². The first-order valence-corrected chi connectivity index (χ1v) is 6.94. The largest absolute Gasteiger partial charge is 0.335 e. The maximum Gasteiger partial charge on any atom is 0.319 e. The minimum Gasteiger partial charge on any atom is -0.335 e. The van der Waals surface area contributed by atoms with Crippen LogP contribution in [0.4, 0.5) is 10.5 Å². The molecule has 2 N–H and O–H groups in total. The van der Waals surface area contributed by atoms with Gasteiger partial charge in [0.25, 0.3) is 0 Å². The van der Waals surface area contributed by atoms with E-state index in [2.05, 4.69) is 29.7 Å². The van der Waals surface area contributed by atoms with E-state index in [-0.39, 0.29) is 6.03 Å². The molecule has 0 spiro atoms. The molecule has 98 valence electrons. The SMILES string of the molecule is CCCc1ccc(NC(=O)NC2CCCC2)cc1. The summed E-state index contributed by atoms with van der Waals surface area (Å²) in [5.74, 6) is 0. The van der Waals surface area contributed by atoms with Crippen LogP contribution >= 0.6 is 0 Å². The van der Waals surface area contributed by atoms with E-state index in [0.717, 1.165) is 31.4 Å². The number of nitrogens with one attached hydrogen (secondary N) is 2. The van der Waals surface area contributed by atoms with Crippen molar-refractivity contribution in [2.75, 3.05) is 5.32 Å². The lowest BCUT2D eigenvalue weighted by Crippen LogP contribution is -2.36. The Kier molecular flexibility index (Phi) is 4.62. The van der Waals surface area contributed by atoms with Crippen molar-refractivity contribution in [1.29, 1.82) is 0 Å². The van der Waals surface area contributed by atoms with E-state index in [0.29, 0.717) is 6.04 Å². The van der Waals surface area contributed by atoms with Gasteiger partial charge in [0.15, 0.2) is 0 Å². The van der Waals surface area contributed by atoms with Gasteiger partial charge in [0.2, 0.25) is 0 Å². The molecule has 1 aromatic carbocycles. The number of aryl methyl sites for hydroxylation is 1. The molecule has 1 fully saturated rings. The van der Waals surface area contributed by atoms with E-state index in [1.54, 1.807) is 0 Å². The van der Waals surface area contributed by atoms with Crippen LogP contribution in [0.3, 0.4) is 0 Å². The molecule has 2 amide bonds. The van der Waals surface area contributed by atoms with Crippen molar-refractivity contribution in [3.05, 3.63) is 29.8 Å². The zero-order valence-corrected chi connectivity index (χ0v) is 11.0. The summed E-state index contributed by atoms with van der Waals surface area (Å²) in [4.78, 5) is 11.8. The van der Waals surface area contributed by atoms with E-state index in [4.69, 9.17) is 0 Å². The van der Waals surface area contributed by atoms with Gasteiger partial charge in [-0.15, -0.1) is 0 Å². The van der Waals surface area contributed by atoms with Gasteiger partial charge < -0.3 is 10.6 Å². The van der Waals surface area contributed by atoms with E-state index in [1.807, 2.05) is 12.1 Å². The molecule has 1 aliphatic carbocycles. The zero-order valence-electron chi connectivity index (χ0n) is 11.0. The zero-order chi connectivity index (χ0) is 12.8. The molecule has 0 saturated heterocycles. The second-order valence-corrected chi connectivity index (χ2v) is 5.03. The van der Waals surface area contributed by atoms with Crippen molar-refractivity contribution < 1.29 is 4.79 Å². The van der Waals surface area contributed by atoms with Gasteiger partial charge >= 0.3 is 6.03 Å². The Hall–Kier alpha value is -1.51. The third-order valence-electron chi connectivity index (χ3n) is 3.44. The van der Waals surface area contributed by atoms with Crippen molar-refractivity contribution in [2.45, 2.75) is 51.5 Å². The molecular formula is C15H22N2O. The fourth-order valence-corrected chi connectivity index (χ4v) is 2.47. The lowest BCUT2D eigenvalue weighted by Gasteiger charge is -2.13. The highest BCUT2D eigenvalue weighted by Gasteiger charge is 2.16. The van der Waals surface area contributed by atoms with Crippen molar-refractivity contribution in [2.24, 2.45) is 0 Å². The summed E-state index contributed by atoms with van der Waals surface area (Å²) in [6, 6.07) is 8.39. The Balaban J connectivity index is 1.82. The van der Waals surface area contributed by atoms with Crippen molar-refractivity contribution in [3.8, 4) is 0 Å². The third-order valence-corrected chi connectivity index (χ3v) is 3.44. The van der Waals surface area contributed by atoms with Crippen LogP contribution in [0.15, 0.2) is 24.3 Å². The number of benzene rings is 1. The van der Waals surface area contributed by atoms with Crippen LogP contribution in [0.5, 0.6) is 0 Å². The molecule has 0 atom stereocenters. The van der Waals surface area contributed by atoms with Gasteiger partial charge in [-0.1, -0.05) is 38.3 Å². The van der Waals surface area contributed by atoms with Crippen molar-refractivity contribution in [3.63, 3.8) is 0 Å². The Bertz CT molecular complexity index is 380. The Morgan fingerprint density at radius 3 is 2.50 bits per heavy atom. The number of urea groups is 1. The molecule has 0 heterocycles. The average molecular weight is 246 g/mol. The highest BCUT2D eigenvalue weighted by atomic mass is 16.2. The molecule has 0 radical (unpaired) electrons. The van der Waals surface area contributed by atoms with Gasteiger partial charge in [0.1, 0.15) is 0 Å². The highest BCUT2D eigenvalue weighted by molar-refractivity contribution is 5.89. The second kappa shape index (κ2) is 6.43. The molecule has 0 bridgehead atoms. The predicted octanol–water partition coefficient (Wildman–Crippen LogP) is 3.70. The number of hydrogen-bond acceptors (Lipinski definition) is 1. The molecule has 3 heteroatoms. The Morgan fingerprint density at radius 2 is 1.89 bits per heavy atom. The molecule has 2 rings (SSSR count). The lowest BCUT2D eigenvalue weighted by atomic mass is 10.1. The number of amides is 2. The van der Waals surface area contributed by atoms with E-state index >= 15 is 0 Å². The number of carbonyl (C=O) groups is 1. The quantitative estimate of drug-likeness (QED) is 0.835. The van der Waals surface area contributed by atoms with Crippen LogP contribution in [0, 0.1) is 0 Å². The van der Waals surface area contributed by atoms with Crippen LogP contribution in [0.1, 0.15) is 44.6 Å². The van der Waals surface area contributed by atoms with E-state index < -0.39 is 0 Å². The lowest BCUT2D eigenvalue weighted by molar-refractivity contribution is 0.248. The Morgan fingerprint density at radius 1 is 1.22 bits per heavy atom. The summed E-state index contributed by atoms with van der Waals surface area (Å²) in [5.41, 5.74) is 2.18. The maximum atomic E-state index is 11.8. The first-order chi connectivity index (χ1) is 8.78. The van der Waals surface area contributed by atoms with Gasteiger partial charge in [0, 0.05) is 11.7 Å². The van der Waals surface area contributed by atoms with Crippen LogP contribution < -0.4 is 10.6 Å². The topological polar surface area (TPSA) is 41.1 Å². The molecule has 1 saturated carbocycles. The maximum absolute atomic E-state index is 11.8. The normalized spacial score (nSPS) is 15.6. The first-order valence-electron chi connectivity index (χ1n) is 6.94. The fraction of sp³-hybridized carbons (Fsp3) is 0.533. The van der Waals surface area contributed by atoms with Crippen LogP contribution in [-0.2, 0) is 6.42 Å². The Labute approximate surface area is 109 Å². The standard InChI is InChI=1S/C15H22N2O/c1-2-5-12-8-10-14(11-9-12)17-15(18)16-13-6-3-4-7-13/h8-11,13H,2-7H2,1H3,(H2,16,17,18). The van der Waals surface area contributed by atoms with Gasteiger partial charge in [0.05, 0.1) is 0 Å². The number of anilines is 1. The van der Waals surface area contributed by atoms with Crippen LogP contribution in [0.2, 0.25) is 0 Å². The number of hydrogen-bond donors (Lipinski definition) is 2. The van der Waals surface area contributed by atoms with E-state index in [1.165, 1.54) is 18.4 Å². The summed E-state index contributed by atoms with van der Waals surface area (Å²) in [7, 11) is 0. The molecule has 0 aromatic heterocycles. The minimum atomic E-state index is -0.0786. The van der Waals surface area contributed by atoms with Crippen LogP contribution in [-0.4, -0.2) is 12.1 Å². The molecule has 0 aliphatic heterocycles. The molecule has 1 aliphatic rings. The molecular weight excluding hydrogens is 224 g/mol. The summed E-state index contributed by atoms with van der Waals surface area (Å²) in [6.45, 7) is 2.17. The van der Waals surface area contributed by atoms with Gasteiger partial charge in [-0.05, 0) is 37.0 Å². The minimum absolute atomic E-state index is 0.0786. The predicted molar refractivity (Wildman–Crippen MR) is 74.8 cm³/mol. The summed E-state index contributed by atoms with van der Waals surface area (Å²) < 4.78 is 0. The number of rotatable bonds is 4. The highest BCUT2D eigenvalue weighted by Crippen LogP contribution is 2.18. The summed E-state index contributed by atoms with van der Waals surface area (Å²) in [5, 5.41) is 5.91. The summed E-state index contributed by atoms with van der Waals surface area (Å²) >= 11 is 0. The van der Waals surface area contributed by atoms with Crippen molar-refractivity contribution >= 4 is 11.7 Å². The number of carbonyl (C=O) groups excluding carboxylic acids is 1. The summed E-state index contributed by atoms with van der Waals surface area (Å²) in [6.07, 6.45) is 6.93. The molecule has 1 aromatic rings. The fourth-order valence-electron chi connectivity index (χ4n) is 2.47. The molecule has 0 unspecified atom stereocenters. The molecule has 3 nitrogen and oxygen atoms in total. The second-order valence-electron chi connectivity index (χ2n) is 5.03. The average Bonchev–Trinajstić information content (AvgIpc) is 2.84. The van der Waals surface area contributed by atoms with Crippen LogP contribution in [0.25, 0.3) is 0 Å². The monoisotopic (exact) mass is 246 g/mol. The van der Waals surface area contributed by atoms with Gasteiger partial charge in [-0.2, -0.15) is 0 Å². The van der Waals surface area contributed by atoms with E-state index in [9.17, 15) is 4.79 Å². The smallest absolute Gasteiger partial charge is 0.319 e. The van der Waals surface area contributed by atoms with Gasteiger partial charge in [-0.3, -0.25) is 0 Å². The molecule has 18 heavy (non-hydrogen) atoms.